The summed E-state index contributed by atoms with van der Waals surface area (Å²) in [4.78, 5) is 12.4. The predicted molar refractivity (Wildman–Crippen MR) is 54.8 cm³/mol. The number of aliphatic hydroxyl groups excluding tert-OH is 1. The average Bonchev–Trinajstić information content (AvgIpc) is 2.26. The van der Waals surface area contributed by atoms with Crippen LogP contribution in [-0.4, -0.2) is 36.1 Å². The van der Waals surface area contributed by atoms with E-state index >= 15 is 0 Å². The zero-order valence-corrected chi connectivity index (χ0v) is 8.61. The van der Waals surface area contributed by atoms with E-state index in [0.29, 0.717) is 18.5 Å². The predicted octanol–water partition coefficient (Wildman–Crippen LogP) is 0.819. The molecule has 0 heterocycles. The van der Waals surface area contributed by atoms with Crippen LogP contribution in [0.25, 0.3) is 0 Å². The third-order valence-corrected chi connectivity index (χ3v) is 2.24. The summed E-state index contributed by atoms with van der Waals surface area (Å²) in [6.45, 7) is -0.103. The third kappa shape index (κ3) is 3.32. The number of nitrogens with zero attached hydrogens (tertiary/aromatic N) is 1. The molecule has 15 heavy (non-hydrogen) atoms. The molecule has 0 unspecified atom stereocenters. The first kappa shape index (κ1) is 11.7. The van der Waals surface area contributed by atoms with Crippen molar-refractivity contribution in [3.63, 3.8) is 0 Å². The number of carbonyl (C=O) groups excluding carboxylic acids is 1. The molecule has 0 fully saturated rings. The molecule has 0 saturated heterocycles. The van der Waals surface area contributed by atoms with Gasteiger partial charge in [0, 0.05) is 13.6 Å². The highest BCUT2D eigenvalue weighted by Crippen LogP contribution is 2.07. The number of hydrogen-bond donors (Lipinski definition) is 1. The van der Waals surface area contributed by atoms with Gasteiger partial charge in [-0.25, -0.2) is 4.39 Å². The zero-order valence-electron chi connectivity index (χ0n) is 8.61. The van der Waals surface area contributed by atoms with E-state index in [1.165, 1.54) is 11.0 Å². The highest BCUT2D eigenvalue weighted by molar-refractivity contribution is 5.76. The Morgan fingerprint density at radius 2 is 2.13 bits per heavy atom. The van der Waals surface area contributed by atoms with Crippen LogP contribution in [0.2, 0.25) is 0 Å². The molecule has 1 amide bonds. The Morgan fingerprint density at radius 1 is 1.47 bits per heavy atom. The summed E-state index contributed by atoms with van der Waals surface area (Å²) >= 11 is 0. The molecule has 0 saturated carbocycles. The number of carbonyl (C=O) groups is 1. The van der Waals surface area contributed by atoms with Gasteiger partial charge in [0.2, 0.25) is 5.91 Å². The Hall–Kier alpha value is -1.42. The molecule has 1 rings (SSSR count). The van der Waals surface area contributed by atoms with Gasteiger partial charge in [0.05, 0.1) is 0 Å². The van der Waals surface area contributed by atoms with Crippen LogP contribution in [0.5, 0.6) is 0 Å². The summed E-state index contributed by atoms with van der Waals surface area (Å²) in [6.07, 6.45) is 0.453. The SMILES string of the molecule is CN(CCc1ccccc1F)C(=O)CO. The fraction of sp³-hybridized carbons (Fsp3) is 0.364. The Morgan fingerprint density at radius 3 is 2.73 bits per heavy atom. The summed E-state index contributed by atoms with van der Waals surface area (Å²) in [5.74, 6) is -0.617. The van der Waals surface area contributed by atoms with Crippen LogP contribution in [0.1, 0.15) is 5.56 Å². The van der Waals surface area contributed by atoms with Crippen molar-refractivity contribution in [3.05, 3.63) is 35.6 Å². The number of halogens is 1. The van der Waals surface area contributed by atoms with Crippen molar-refractivity contribution in [2.75, 3.05) is 20.2 Å². The van der Waals surface area contributed by atoms with Gasteiger partial charge in [-0.15, -0.1) is 0 Å². The van der Waals surface area contributed by atoms with E-state index in [1.807, 2.05) is 0 Å². The quantitative estimate of drug-likeness (QED) is 0.801. The minimum Gasteiger partial charge on any atom is -0.387 e. The first-order chi connectivity index (χ1) is 7.15. The van der Waals surface area contributed by atoms with Crippen LogP contribution in [0.4, 0.5) is 4.39 Å². The van der Waals surface area contributed by atoms with Crippen LogP contribution in [0, 0.1) is 5.82 Å². The monoisotopic (exact) mass is 211 g/mol. The lowest BCUT2D eigenvalue weighted by Gasteiger charge is -2.15. The highest BCUT2D eigenvalue weighted by Gasteiger charge is 2.07. The van der Waals surface area contributed by atoms with Crippen molar-refractivity contribution in [2.24, 2.45) is 0 Å². The lowest BCUT2D eigenvalue weighted by atomic mass is 10.1. The van der Waals surface area contributed by atoms with Crippen molar-refractivity contribution < 1.29 is 14.3 Å². The largest absolute Gasteiger partial charge is 0.387 e. The van der Waals surface area contributed by atoms with E-state index in [2.05, 4.69) is 0 Å². The third-order valence-electron chi connectivity index (χ3n) is 2.24. The molecule has 0 aliphatic rings. The van der Waals surface area contributed by atoms with Gasteiger partial charge in [0.25, 0.3) is 0 Å². The van der Waals surface area contributed by atoms with Crippen LogP contribution in [-0.2, 0) is 11.2 Å². The molecule has 3 nitrogen and oxygen atoms in total. The second kappa shape index (κ2) is 5.46. The molecule has 0 aliphatic carbocycles. The molecule has 0 spiro atoms. The Kier molecular flexibility index (Phi) is 4.24. The van der Waals surface area contributed by atoms with Crippen molar-refractivity contribution in [1.29, 1.82) is 0 Å². The van der Waals surface area contributed by atoms with E-state index in [0.717, 1.165) is 0 Å². The second-order valence-corrected chi connectivity index (χ2v) is 3.31. The molecule has 4 heteroatoms. The molecule has 0 aliphatic heterocycles. The maximum absolute atomic E-state index is 13.2. The average molecular weight is 211 g/mol. The van der Waals surface area contributed by atoms with Gasteiger partial charge >= 0.3 is 0 Å². The summed E-state index contributed by atoms with van der Waals surface area (Å²) in [7, 11) is 1.58. The minimum absolute atomic E-state index is 0.262. The highest BCUT2D eigenvalue weighted by atomic mass is 19.1. The normalized spacial score (nSPS) is 10.1. The maximum Gasteiger partial charge on any atom is 0.248 e. The van der Waals surface area contributed by atoms with Crippen LogP contribution in [0.3, 0.4) is 0 Å². The zero-order chi connectivity index (χ0) is 11.3. The van der Waals surface area contributed by atoms with Gasteiger partial charge < -0.3 is 10.0 Å². The second-order valence-electron chi connectivity index (χ2n) is 3.31. The van der Waals surface area contributed by atoms with Gasteiger partial charge in [-0.2, -0.15) is 0 Å². The molecule has 0 atom stereocenters. The molecular formula is C11H14FNO2. The van der Waals surface area contributed by atoms with Crippen LogP contribution in [0.15, 0.2) is 24.3 Å². The summed E-state index contributed by atoms with van der Waals surface area (Å²) in [6, 6.07) is 6.46. The topological polar surface area (TPSA) is 40.5 Å². The smallest absolute Gasteiger partial charge is 0.248 e. The van der Waals surface area contributed by atoms with Crippen molar-refractivity contribution in [3.8, 4) is 0 Å². The number of hydrogen-bond acceptors (Lipinski definition) is 2. The first-order valence-corrected chi connectivity index (χ1v) is 4.73. The molecule has 0 radical (unpaired) electrons. The first-order valence-electron chi connectivity index (χ1n) is 4.73. The molecular weight excluding hydrogens is 197 g/mol. The number of rotatable bonds is 4. The molecule has 82 valence electrons. The van der Waals surface area contributed by atoms with Crippen LogP contribution < -0.4 is 0 Å². The molecule has 0 aromatic heterocycles. The lowest BCUT2D eigenvalue weighted by molar-refractivity contribution is -0.132. The molecule has 1 aromatic rings. The van der Waals surface area contributed by atoms with Gasteiger partial charge in [-0.1, -0.05) is 18.2 Å². The van der Waals surface area contributed by atoms with Gasteiger partial charge in [0.15, 0.2) is 0 Å². The Labute approximate surface area is 88.1 Å². The Bertz CT molecular complexity index is 341. The maximum atomic E-state index is 13.2. The number of likely N-dealkylation sites (N-methyl/N-ethyl adjacent to an activating group) is 1. The van der Waals surface area contributed by atoms with Gasteiger partial charge in [-0.3, -0.25) is 4.79 Å². The van der Waals surface area contributed by atoms with Crippen molar-refractivity contribution in [1.82, 2.24) is 4.90 Å². The van der Waals surface area contributed by atoms with E-state index in [9.17, 15) is 9.18 Å². The summed E-state index contributed by atoms with van der Waals surface area (Å²) in [5.41, 5.74) is 0.579. The molecule has 1 aromatic carbocycles. The van der Waals surface area contributed by atoms with Crippen molar-refractivity contribution in [2.45, 2.75) is 6.42 Å². The summed E-state index contributed by atoms with van der Waals surface area (Å²) < 4.78 is 13.2. The number of benzene rings is 1. The van der Waals surface area contributed by atoms with E-state index in [4.69, 9.17) is 5.11 Å². The minimum atomic E-state index is -0.506. The van der Waals surface area contributed by atoms with E-state index in [-0.39, 0.29) is 11.7 Å². The number of aliphatic hydroxyl groups is 1. The number of amides is 1. The van der Waals surface area contributed by atoms with Crippen molar-refractivity contribution >= 4 is 5.91 Å². The van der Waals surface area contributed by atoms with E-state index < -0.39 is 6.61 Å². The fourth-order valence-corrected chi connectivity index (χ4v) is 1.23. The van der Waals surface area contributed by atoms with Gasteiger partial charge in [-0.05, 0) is 18.1 Å². The standard InChI is InChI=1S/C11H14FNO2/c1-13(11(15)8-14)7-6-9-4-2-3-5-10(9)12/h2-5,14H,6-8H2,1H3. The Balaban J connectivity index is 2.50. The fourth-order valence-electron chi connectivity index (χ4n) is 1.23. The van der Waals surface area contributed by atoms with Crippen LogP contribution >= 0.6 is 0 Å². The van der Waals surface area contributed by atoms with E-state index in [1.54, 1.807) is 25.2 Å². The summed E-state index contributed by atoms with van der Waals surface area (Å²) in [5, 5.41) is 8.59. The lowest BCUT2D eigenvalue weighted by Crippen LogP contribution is -2.31. The van der Waals surface area contributed by atoms with Gasteiger partial charge in [0.1, 0.15) is 12.4 Å². The molecule has 1 N–H and O–H groups in total. The molecule has 0 bridgehead atoms.